The molecule has 0 bridgehead atoms. The van der Waals surface area contributed by atoms with Crippen LogP contribution in [-0.4, -0.2) is 29.7 Å². The number of hydrogen-bond acceptors (Lipinski definition) is 3. The summed E-state index contributed by atoms with van der Waals surface area (Å²) in [5.74, 6) is 0. The molecular formula is C6H14O3. The van der Waals surface area contributed by atoms with E-state index >= 15 is 0 Å². The summed E-state index contributed by atoms with van der Waals surface area (Å²) in [6.07, 6.45) is 0.978. The first kappa shape index (κ1) is 8.88. The average molecular weight is 134 g/mol. The van der Waals surface area contributed by atoms with Crippen LogP contribution in [0.3, 0.4) is 0 Å². The summed E-state index contributed by atoms with van der Waals surface area (Å²) in [6, 6.07) is 0. The molecule has 0 aliphatic heterocycles. The van der Waals surface area contributed by atoms with Gasteiger partial charge in [-0.25, -0.2) is 0 Å². The smallest absolute Gasteiger partial charge is 0.177 e. The Hall–Kier alpha value is -0.120. The molecule has 0 aromatic rings. The van der Waals surface area contributed by atoms with Crippen molar-refractivity contribution in [1.29, 1.82) is 0 Å². The molecule has 0 aromatic carbocycles. The van der Waals surface area contributed by atoms with E-state index in [-0.39, 0.29) is 6.61 Å². The zero-order chi connectivity index (χ0) is 7.11. The molecule has 0 fully saturated rings. The maximum atomic E-state index is 8.61. The van der Waals surface area contributed by atoms with Gasteiger partial charge in [0.1, 0.15) is 0 Å². The van der Waals surface area contributed by atoms with E-state index in [1.54, 1.807) is 0 Å². The number of ether oxygens (including phenoxy) is 1. The van der Waals surface area contributed by atoms with Crippen molar-refractivity contribution in [3.05, 3.63) is 0 Å². The van der Waals surface area contributed by atoms with Gasteiger partial charge in [0.05, 0.1) is 6.61 Å². The SMILES string of the molecule is CCCCOC(O)CO. The van der Waals surface area contributed by atoms with Gasteiger partial charge in [0.2, 0.25) is 0 Å². The van der Waals surface area contributed by atoms with E-state index < -0.39 is 6.29 Å². The molecule has 0 saturated carbocycles. The van der Waals surface area contributed by atoms with Crippen LogP contribution in [0.15, 0.2) is 0 Å². The second-order valence-electron chi connectivity index (χ2n) is 1.86. The Morgan fingerprint density at radius 2 is 2.22 bits per heavy atom. The molecule has 2 N–H and O–H groups in total. The first-order valence-corrected chi connectivity index (χ1v) is 3.21. The third-order valence-corrected chi connectivity index (χ3v) is 0.964. The molecule has 0 amide bonds. The second-order valence-corrected chi connectivity index (χ2v) is 1.86. The first-order valence-electron chi connectivity index (χ1n) is 3.21. The molecule has 0 heterocycles. The third-order valence-electron chi connectivity index (χ3n) is 0.964. The molecule has 0 aliphatic rings. The fourth-order valence-electron chi connectivity index (χ4n) is 0.416. The minimum atomic E-state index is -0.989. The maximum absolute atomic E-state index is 8.61. The minimum Gasteiger partial charge on any atom is -0.391 e. The molecule has 0 rings (SSSR count). The average Bonchev–Trinajstić information content (AvgIpc) is 1.89. The maximum Gasteiger partial charge on any atom is 0.177 e. The molecule has 56 valence electrons. The number of unbranched alkanes of at least 4 members (excludes halogenated alkanes) is 1. The molecule has 3 nitrogen and oxygen atoms in total. The van der Waals surface area contributed by atoms with Crippen LogP contribution in [0.5, 0.6) is 0 Å². The summed E-state index contributed by atoms with van der Waals surface area (Å²) in [6.45, 7) is 2.25. The summed E-state index contributed by atoms with van der Waals surface area (Å²) in [4.78, 5) is 0. The zero-order valence-electron chi connectivity index (χ0n) is 5.71. The molecule has 0 saturated heterocycles. The normalized spacial score (nSPS) is 13.7. The Labute approximate surface area is 55.3 Å². The van der Waals surface area contributed by atoms with Gasteiger partial charge in [0.25, 0.3) is 0 Å². The van der Waals surface area contributed by atoms with Gasteiger partial charge >= 0.3 is 0 Å². The van der Waals surface area contributed by atoms with Gasteiger partial charge in [0.15, 0.2) is 6.29 Å². The van der Waals surface area contributed by atoms with Crippen molar-refractivity contribution in [3.63, 3.8) is 0 Å². The summed E-state index contributed by atoms with van der Waals surface area (Å²) in [5.41, 5.74) is 0. The predicted molar refractivity (Wildman–Crippen MR) is 34.0 cm³/mol. The highest BCUT2D eigenvalue weighted by Gasteiger charge is 1.98. The van der Waals surface area contributed by atoms with Gasteiger partial charge in [-0.2, -0.15) is 0 Å². The summed E-state index contributed by atoms with van der Waals surface area (Å²) < 4.78 is 4.74. The lowest BCUT2D eigenvalue weighted by atomic mass is 10.4. The molecule has 0 spiro atoms. The molecule has 0 aromatic heterocycles. The number of aliphatic hydroxyl groups is 2. The fraction of sp³-hybridized carbons (Fsp3) is 1.00. The van der Waals surface area contributed by atoms with Crippen LogP contribution in [0.25, 0.3) is 0 Å². The monoisotopic (exact) mass is 134 g/mol. The highest BCUT2D eigenvalue weighted by atomic mass is 16.6. The molecule has 1 unspecified atom stereocenters. The van der Waals surface area contributed by atoms with Gasteiger partial charge in [-0.3, -0.25) is 0 Å². The van der Waals surface area contributed by atoms with Gasteiger partial charge in [0, 0.05) is 6.61 Å². The van der Waals surface area contributed by atoms with Crippen LogP contribution in [-0.2, 0) is 4.74 Å². The van der Waals surface area contributed by atoms with Gasteiger partial charge < -0.3 is 14.9 Å². The molecular weight excluding hydrogens is 120 g/mol. The Morgan fingerprint density at radius 3 is 2.67 bits per heavy atom. The first-order chi connectivity index (χ1) is 4.31. The summed E-state index contributed by atoms with van der Waals surface area (Å²) in [7, 11) is 0. The quantitative estimate of drug-likeness (QED) is 0.414. The lowest BCUT2D eigenvalue weighted by molar-refractivity contribution is -0.124. The van der Waals surface area contributed by atoms with E-state index in [2.05, 4.69) is 0 Å². The van der Waals surface area contributed by atoms with E-state index in [1.807, 2.05) is 6.92 Å². The highest BCUT2D eigenvalue weighted by Crippen LogP contribution is 1.90. The largest absolute Gasteiger partial charge is 0.391 e. The zero-order valence-corrected chi connectivity index (χ0v) is 5.71. The van der Waals surface area contributed by atoms with Crippen LogP contribution in [0, 0.1) is 0 Å². The number of hydrogen-bond donors (Lipinski definition) is 2. The Morgan fingerprint density at radius 1 is 1.56 bits per heavy atom. The van der Waals surface area contributed by atoms with Crippen molar-refractivity contribution in [2.24, 2.45) is 0 Å². The van der Waals surface area contributed by atoms with Gasteiger partial charge in [-0.1, -0.05) is 13.3 Å². The van der Waals surface area contributed by atoms with Crippen molar-refractivity contribution >= 4 is 0 Å². The Bertz CT molecular complexity index is 56.3. The van der Waals surface area contributed by atoms with Gasteiger partial charge in [-0.15, -0.1) is 0 Å². The topological polar surface area (TPSA) is 49.7 Å². The van der Waals surface area contributed by atoms with Crippen molar-refractivity contribution < 1.29 is 14.9 Å². The van der Waals surface area contributed by atoms with E-state index in [0.29, 0.717) is 6.61 Å². The number of aliphatic hydroxyl groups excluding tert-OH is 2. The van der Waals surface area contributed by atoms with Gasteiger partial charge in [-0.05, 0) is 6.42 Å². The molecule has 1 atom stereocenters. The summed E-state index contributed by atoms with van der Waals surface area (Å²) in [5, 5.41) is 16.9. The van der Waals surface area contributed by atoms with Crippen molar-refractivity contribution in [1.82, 2.24) is 0 Å². The van der Waals surface area contributed by atoms with E-state index in [9.17, 15) is 0 Å². The second kappa shape index (κ2) is 6.01. The standard InChI is InChI=1S/C6H14O3/c1-2-3-4-9-6(8)5-7/h6-8H,2-5H2,1H3. The van der Waals surface area contributed by atoms with Crippen LogP contribution in [0.1, 0.15) is 19.8 Å². The Balaban J connectivity index is 2.88. The highest BCUT2D eigenvalue weighted by molar-refractivity contribution is 4.35. The summed E-state index contributed by atoms with van der Waals surface area (Å²) >= 11 is 0. The van der Waals surface area contributed by atoms with E-state index in [1.165, 1.54) is 0 Å². The van der Waals surface area contributed by atoms with Crippen molar-refractivity contribution in [3.8, 4) is 0 Å². The van der Waals surface area contributed by atoms with Crippen LogP contribution >= 0.6 is 0 Å². The van der Waals surface area contributed by atoms with Crippen LogP contribution in [0.4, 0.5) is 0 Å². The van der Waals surface area contributed by atoms with Crippen LogP contribution in [0.2, 0.25) is 0 Å². The lowest BCUT2D eigenvalue weighted by Gasteiger charge is -2.06. The fourth-order valence-corrected chi connectivity index (χ4v) is 0.416. The Kier molecular flexibility index (Phi) is 5.93. The molecule has 0 aliphatic carbocycles. The molecule has 9 heavy (non-hydrogen) atoms. The van der Waals surface area contributed by atoms with Crippen LogP contribution < -0.4 is 0 Å². The molecule has 0 radical (unpaired) electrons. The molecule has 3 heteroatoms. The number of rotatable bonds is 5. The van der Waals surface area contributed by atoms with E-state index in [0.717, 1.165) is 12.8 Å². The predicted octanol–water partition coefficient (Wildman–Crippen LogP) is 0.114. The van der Waals surface area contributed by atoms with Crippen molar-refractivity contribution in [2.75, 3.05) is 13.2 Å². The minimum absolute atomic E-state index is 0.316. The van der Waals surface area contributed by atoms with Crippen molar-refractivity contribution in [2.45, 2.75) is 26.1 Å². The third kappa shape index (κ3) is 5.76. The van der Waals surface area contributed by atoms with E-state index in [4.69, 9.17) is 14.9 Å². The lowest BCUT2D eigenvalue weighted by Crippen LogP contribution is -2.16.